The highest BCUT2D eigenvalue weighted by Gasteiger charge is 2.34. The second-order valence-electron chi connectivity index (χ2n) is 6.88. The van der Waals surface area contributed by atoms with Crippen LogP contribution in [0, 0.1) is 32.6 Å². The van der Waals surface area contributed by atoms with E-state index in [0.717, 1.165) is 11.8 Å². The highest BCUT2D eigenvalue weighted by atomic mass is 14.9. The first kappa shape index (κ1) is 13.0. The molecule has 2 fully saturated rings. The summed E-state index contributed by atoms with van der Waals surface area (Å²) in [4.78, 5) is 0. The van der Waals surface area contributed by atoms with Gasteiger partial charge in [0, 0.05) is 11.7 Å². The summed E-state index contributed by atoms with van der Waals surface area (Å²) in [5.41, 5.74) is 5.59. The van der Waals surface area contributed by atoms with Crippen LogP contribution in [0.3, 0.4) is 0 Å². The first-order valence-corrected chi connectivity index (χ1v) is 7.98. The molecule has 0 heterocycles. The molecule has 0 bridgehead atoms. The summed E-state index contributed by atoms with van der Waals surface area (Å²) in [5.74, 6) is 2.09. The fourth-order valence-corrected chi connectivity index (χ4v) is 3.97. The number of anilines is 1. The van der Waals surface area contributed by atoms with Gasteiger partial charge in [0.05, 0.1) is 0 Å². The molecule has 1 nitrogen and oxygen atoms in total. The zero-order valence-corrected chi connectivity index (χ0v) is 12.6. The summed E-state index contributed by atoms with van der Waals surface area (Å²) in [6.07, 6.45) is 8.66. The molecule has 0 aliphatic heterocycles. The Balaban J connectivity index is 1.70. The number of hydrogen-bond donors (Lipinski definition) is 1. The Kier molecular flexibility index (Phi) is 3.56. The van der Waals surface area contributed by atoms with E-state index in [9.17, 15) is 0 Å². The van der Waals surface area contributed by atoms with Gasteiger partial charge in [0.1, 0.15) is 0 Å². The maximum Gasteiger partial charge on any atom is 0.0401 e. The maximum atomic E-state index is 3.86. The molecule has 2 unspecified atom stereocenters. The van der Waals surface area contributed by atoms with Crippen molar-refractivity contribution in [3.63, 3.8) is 0 Å². The van der Waals surface area contributed by atoms with Crippen LogP contribution in [-0.4, -0.2) is 6.04 Å². The van der Waals surface area contributed by atoms with Crippen molar-refractivity contribution in [2.24, 2.45) is 11.8 Å². The first-order chi connectivity index (χ1) is 9.13. The predicted octanol–water partition coefficient (Wildman–Crippen LogP) is 4.99. The van der Waals surface area contributed by atoms with Gasteiger partial charge in [-0.15, -0.1) is 0 Å². The van der Waals surface area contributed by atoms with Crippen molar-refractivity contribution in [3.05, 3.63) is 28.8 Å². The molecule has 3 rings (SSSR count). The average molecular weight is 257 g/mol. The third-order valence-electron chi connectivity index (χ3n) is 5.03. The number of nitrogens with one attached hydrogen (secondary N) is 1. The van der Waals surface area contributed by atoms with E-state index in [1.165, 1.54) is 60.9 Å². The fourth-order valence-electron chi connectivity index (χ4n) is 3.97. The highest BCUT2D eigenvalue weighted by molar-refractivity contribution is 5.58. The van der Waals surface area contributed by atoms with E-state index in [2.05, 4.69) is 38.2 Å². The SMILES string of the molecule is Cc1cc(C)c(NC2CCCC(C3CC3)C2)c(C)c1. The van der Waals surface area contributed by atoms with E-state index in [1.54, 1.807) is 0 Å². The number of aryl methyl sites for hydroxylation is 3. The Morgan fingerprint density at radius 2 is 1.58 bits per heavy atom. The largest absolute Gasteiger partial charge is 0.382 e. The molecule has 2 aliphatic carbocycles. The van der Waals surface area contributed by atoms with Crippen LogP contribution in [0.15, 0.2) is 12.1 Å². The van der Waals surface area contributed by atoms with Crippen molar-refractivity contribution in [2.75, 3.05) is 5.32 Å². The zero-order valence-electron chi connectivity index (χ0n) is 12.6. The molecule has 1 aromatic rings. The van der Waals surface area contributed by atoms with E-state index in [0.29, 0.717) is 6.04 Å². The highest BCUT2D eigenvalue weighted by Crippen LogP contribution is 2.44. The third-order valence-corrected chi connectivity index (χ3v) is 5.03. The van der Waals surface area contributed by atoms with Gasteiger partial charge in [-0.3, -0.25) is 0 Å². The Morgan fingerprint density at radius 3 is 2.21 bits per heavy atom. The second-order valence-corrected chi connectivity index (χ2v) is 6.88. The smallest absolute Gasteiger partial charge is 0.0401 e. The molecule has 1 N–H and O–H groups in total. The minimum atomic E-state index is 0.708. The molecule has 0 radical (unpaired) electrons. The van der Waals surface area contributed by atoms with Gasteiger partial charge in [0.15, 0.2) is 0 Å². The lowest BCUT2D eigenvalue weighted by Gasteiger charge is -2.31. The Labute approximate surface area is 117 Å². The lowest BCUT2D eigenvalue weighted by Crippen LogP contribution is -2.28. The van der Waals surface area contributed by atoms with Gasteiger partial charge in [-0.2, -0.15) is 0 Å². The van der Waals surface area contributed by atoms with E-state index in [4.69, 9.17) is 0 Å². The molecule has 0 aromatic heterocycles. The fraction of sp³-hybridized carbons (Fsp3) is 0.667. The minimum absolute atomic E-state index is 0.708. The van der Waals surface area contributed by atoms with Gasteiger partial charge in [-0.25, -0.2) is 0 Å². The van der Waals surface area contributed by atoms with Gasteiger partial charge < -0.3 is 5.32 Å². The maximum absolute atomic E-state index is 3.86. The molecule has 0 saturated heterocycles. The van der Waals surface area contributed by atoms with Crippen LogP contribution in [0.2, 0.25) is 0 Å². The van der Waals surface area contributed by atoms with Crippen molar-refractivity contribution < 1.29 is 0 Å². The van der Waals surface area contributed by atoms with Gasteiger partial charge in [0.25, 0.3) is 0 Å². The molecule has 2 saturated carbocycles. The minimum Gasteiger partial charge on any atom is -0.382 e. The van der Waals surface area contributed by atoms with Crippen LogP contribution in [0.25, 0.3) is 0 Å². The summed E-state index contributed by atoms with van der Waals surface area (Å²) < 4.78 is 0. The van der Waals surface area contributed by atoms with Crippen LogP contribution in [0.1, 0.15) is 55.2 Å². The van der Waals surface area contributed by atoms with Gasteiger partial charge >= 0.3 is 0 Å². The lowest BCUT2D eigenvalue weighted by atomic mass is 9.82. The van der Waals surface area contributed by atoms with Crippen molar-refractivity contribution in [1.29, 1.82) is 0 Å². The zero-order chi connectivity index (χ0) is 13.4. The van der Waals surface area contributed by atoms with Crippen LogP contribution < -0.4 is 5.32 Å². The monoisotopic (exact) mass is 257 g/mol. The average Bonchev–Trinajstić information content (AvgIpc) is 3.18. The normalized spacial score (nSPS) is 27.3. The lowest BCUT2D eigenvalue weighted by molar-refractivity contribution is 0.303. The molecular weight excluding hydrogens is 230 g/mol. The first-order valence-electron chi connectivity index (χ1n) is 7.98. The number of rotatable bonds is 3. The van der Waals surface area contributed by atoms with Crippen molar-refractivity contribution in [2.45, 2.75) is 65.3 Å². The quantitative estimate of drug-likeness (QED) is 0.804. The van der Waals surface area contributed by atoms with E-state index in [-0.39, 0.29) is 0 Å². The standard InChI is InChI=1S/C18H27N/c1-12-9-13(2)18(14(3)10-12)19-17-6-4-5-16(11-17)15-7-8-15/h9-10,15-17,19H,4-8,11H2,1-3H3. The number of hydrogen-bond acceptors (Lipinski definition) is 1. The molecule has 1 aromatic carbocycles. The van der Waals surface area contributed by atoms with Gasteiger partial charge in [-0.1, -0.05) is 30.5 Å². The molecule has 2 atom stereocenters. The molecule has 2 aliphatic rings. The number of benzene rings is 1. The molecular formula is C18H27N. The van der Waals surface area contributed by atoms with Crippen LogP contribution in [0.4, 0.5) is 5.69 Å². The Bertz CT molecular complexity index is 436. The van der Waals surface area contributed by atoms with Gasteiger partial charge in [-0.05, 0) is 69.4 Å². The van der Waals surface area contributed by atoms with E-state index in [1.807, 2.05) is 0 Å². The van der Waals surface area contributed by atoms with Gasteiger partial charge in [0.2, 0.25) is 0 Å². The van der Waals surface area contributed by atoms with Crippen LogP contribution >= 0.6 is 0 Å². The second kappa shape index (κ2) is 5.19. The third kappa shape index (κ3) is 2.96. The van der Waals surface area contributed by atoms with E-state index < -0.39 is 0 Å². The summed E-state index contributed by atoms with van der Waals surface area (Å²) in [6.45, 7) is 6.67. The van der Waals surface area contributed by atoms with Crippen molar-refractivity contribution in [1.82, 2.24) is 0 Å². The molecule has 1 heteroatoms. The van der Waals surface area contributed by atoms with Crippen LogP contribution in [-0.2, 0) is 0 Å². The van der Waals surface area contributed by atoms with E-state index >= 15 is 0 Å². The Hall–Kier alpha value is -0.980. The van der Waals surface area contributed by atoms with Crippen molar-refractivity contribution in [3.8, 4) is 0 Å². The summed E-state index contributed by atoms with van der Waals surface area (Å²) in [7, 11) is 0. The van der Waals surface area contributed by atoms with Crippen LogP contribution in [0.5, 0.6) is 0 Å². The molecule has 104 valence electrons. The summed E-state index contributed by atoms with van der Waals surface area (Å²) in [6, 6.07) is 5.31. The predicted molar refractivity (Wildman–Crippen MR) is 82.7 cm³/mol. The Morgan fingerprint density at radius 1 is 0.895 bits per heavy atom. The topological polar surface area (TPSA) is 12.0 Å². The molecule has 0 spiro atoms. The molecule has 0 amide bonds. The summed E-state index contributed by atoms with van der Waals surface area (Å²) in [5, 5.41) is 3.86. The molecule has 19 heavy (non-hydrogen) atoms. The van der Waals surface area contributed by atoms with Crippen molar-refractivity contribution >= 4 is 5.69 Å². The summed E-state index contributed by atoms with van der Waals surface area (Å²) >= 11 is 0.